The molecule has 0 saturated heterocycles. The first kappa shape index (κ1) is 21.8. The summed E-state index contributed by atoms with van der Waals surface area (Å²) in [5.41, 5.74) is 0. The normalized spacial score (nSPS) is 11.5. The third-order valence-corrected chi connectivity index (χ3v) is 3.17. The van der Waals surface area contributed by atoms with E-state index in [4.69, 9.17) is 24.1 Å². The first-order valence-electron chi connectivity index (χ1n) is 8.69. The molecule has 0 radical (unpaired) electrons. The lowest BCUT2D eigenvalue weighted by atomic mass is 10.0. The van der Waals surface area contributed by atoms with Crippen molar-refractivity contribution in [2.75, 3.05) is 59.5 Å². The van der Waals surface area contributed by atoms with E-state index < -0.39 is 0 Å². The predicted octanol–water partition coefficient (Wildman–Crippen LogP) is 2.65. The number of hydrogen-bond donors (Lipinski definition) is 1. The number of aliphatic hydroxyl groups excluding tert-OH is 1. The van der Waals surface area contributed by atoms with Crippen molar-refractivity contribution in [3.8, 4) is 0 Å². The minimum atomic E-state index is 0.0566. The summed E-state index contributed by atoms with van der Waals surface area (Å²) in [5, 5.41) is 8.50. The summed E-state index contributed by atoms with van der Waals surface area (Å²) in [6, 6.07) is 0. The molecule has 0 fully saturated rings. The first-order chi connectivity index (χ1) is 10.8. The van der Waals surface area contributed by atoms with Gasteiger partial charge < -0.3 is 24.1 Å². The van der Waals surface area contributed by atoms with E-state index in [-0.39, 0.29) is 6.61 Å². The minimum Gasteiger partial charge on any atom is -0.394 e. The summed E-state index contributed by atoms with van der Waals surface area (Å²) in [4.78, 5) is 0. The fourth-order valence-corrected chi connectivity index (χ4v) is 1.94. The molecule has 5 nitrogen and oxygen atoms in total. The van der Waals surface area contributed by atoms with Crippen molar-refractivity contribution >= 4 is 0 Å². The molecule has 0 atom stereocenters. The van der Waals surface area contributed by atoms with Crippen molar-refractivity contribution in [2.24, 2.45) is 5.92 Å². The van der Waals surface area contributed by atoms with E-state index in [9.17, 15) is 0 Å². The Labute approximate surface area is 136 Å². The van der Waals surface area contributed by atoms with Crippen LogP contribution in [0.4, 0.5) is 0 Å². The molecule has 22 heavy (non-hydrogen) atoms. The Morgan fingerprint density at radius 3 is 1.55 bits per heavy atom. The zero-order chi connectivity index (χ0) is 16.3. The molecule has 0 spiro atoms. The number of unbranched alkanes of at least 4 members (excludes halogenated alkanes) is 3. The highest BCUT2D eigenvalue weighted by Gasteiger charge is 1.95. The van der Waals surface area contributed by atoms with Crippen LogP contribution >= 0.6 is 0 Å². The summed E-state index contributed by atoms with van der Waals surface area (Å²) >= 11 is 0. The molecule has 134 valence electrons. The molecule has 0 rings (SSSR count). The van der Waals surface area contributed by atoms with Crippen LogP contribution in [0.15, 0.2) is 0 Å². The molecule has 0 aliphatic rings. The van der Waals surface area contributed by atoms with Gasteiger partial charge in [-0.25, -0.2) is 0 Å². The van der Waals surface area contributed by atoms with E-state index in [1.807, 2.05) is 0 Å². The van der Waals surface area contributed by atoms with Crippen LogP contribution in [0.1, 0.15) is 46.0 Å². The number of aliphatic hydroxyl groups is 1. The fourth-order valence-electron chi connectivity index (χ4n) is 1.94. The largest absolute Gasteiger partial charge is 0.394 e. The van der Waals surface area contributed by atoms with Crippen LogP contribution in [0.5, 0.6) is 0 Å². The molecule has 5 heteroatoms. The van der Waals surface area contributed by atoms with Gasteiger partial charge in [-0.1, -0.05) is 39.5 Å². The zero-order valence-electron chi connectivity index (χ0n) is 14.6. The molecule has 0 unspecified atom stereocenters. The summed E-state index contributed by atoms with van der Waals surface area (Å²) in [6.07, 6.45) is 6.41. The standard InChI is InChI=1S/C17H36O5/c1-17(2)7-5-3-4-6-9-19-11-13-21-15-16-22-14-12-20-10-8-18/h17-18H,3-16H2,1-2H3. The van der Waals surface area contributed by atoms with Gasteiger partial charge in [-0.2, -0.15) is 0 Å². The number of ether oxygens (including phenoxy) is 4. The highest BCUT2D eigenvalue weighted by atomic mass is 16.6. The topological polar surface area (TPSA) is 57.2 Å². The molecule has 0 aliphatic heterocycles. The average Bonchev–Trinajstić information content (AvgIpc) is 2.50. The molecular formula is C17H36O5. The maximum atomic E-state index is 8.50. The third kappa shape index (κ3) is 19.8. The average molecular weight is 320 g/mol. The summed E-state index contributed by atoms with van der Waals surface area (Å²) < 4.78 is 21.3. The van der Waals surface area contributed by atoms with E-state index in [1.54, 1.807) is 0 Å². The summed E-state index contributed by atoms with van der Waals surface area (Å²) in [6.45, 7) is 9.30. The van der Waals surface area contributed by atoms with Crippen LogP contribution in [-0.2, 0) is 18.9 Å². The van der Waals surface area contributed by atoms with Gasteiger partial charge in [0.05, 0.1) is 52.9 Å². The summed E-state index contributed by atoms with van der Waals surface area (Å²) in [5.74, 6) is 0.824. The Morgan fingerprint density at radius 2 is 1.05 bits per heavy atom. The van der Waals surface area contributed by atoms with Crippen LogP contribution in [0.3, 0.4) is 0 Å². The van der Waals surface area contributed by atoms with Crippen LogP contribution in [0, 0.1) is 5.92 Å². The Morgan fingerprint density at radius 1 is 0.591 bits per heavy atom. The van der Waals surface area contributed by atoms with Gasteiger partial charge in [-0.3, -0.25) is 0 Å². The van der Waals surface area contributed by atoms with E-state index in [0.29, 0.717) is 46.2 Å². The third-order valence-electron chi connectivity index (χ3n) is 3.17. The van der Waals surface area contributed by atoms with Crippen molar-refractivity contribution in [1.29, 1.82) is 0 Å². The predicted molar refractivity (Wildman–Crippen MR) is 88.3 cm³/mol. The van der Waals surface area contributed by atoms with Gasteiger partial charge in [-0.05, 0) is 12.3 Å². The molecule has 0 aliphatic carbocycles. The molecule has 0 aromatic heterocycles. The Bertz CT molecular complexity index is 199. The smallest absolute Gasteiger partial charge is 0.0701 e. The van der Waals surface area contributed by atoms with Crippen LogP contribution in [0.2, 0.25) is 0 Å². The zero-order valence-corrected chi connectivity index (χ0v) is 14.6. The van der Waals surface area contributed by atoms with Gasteiger partial charge in [0.2, 0.25) is 0 Å². The molecule has 0 aromatic carbocycles. The van der Waals surface area contributed by atoms with Crippen molar-refractivity contribution in [3.05, 3.63) is 0 Å². The molecule has 1 N–H and O–H groups in total. The van der Waals surface area contributed by atoms with E-state index in [2.05, 4.69) is 13.8 Å². The second-order valence-electron chi connectivity index (χ2n) is 5.77. The Kier molecular flexibility index (Phi) is 18.7. The van der Waals surface area contributed by atoms with E-state index >= 15 is 0 Å². The molecule has 0 amide bonds. The van der Waals surface area contributed by atoms with Crippen molar-refractivity contribution in [3.63, 3.8) is 0 Å². The van der Waals surface area contributed by atoms with Crippen LogP contribution < -0.4 is 0 Å². The van der Waals surface area contributed by atoms with Crippen LogP contribution in [0.25, 0.3) is 0 Å². The lowest BCUT2D eigenvalue weighted by Crippen LogP contribution is -2.12. The second-order valence-corrected chi connectivity index (χ2v) is 5.77. The minimum absolute atomic E-state index is 0.0566. The number of hydrogen-bond acceptors (Lipinski definition) is 5. The van der Waals surface area contributed by atoms with Gasteiger partial charge in [0, 0.05) is 6.61 Å². The summed E-state index contributed by atoms with van der Waals surface area (Å²) in [7, 11) is 0. The molecule has 0 bridgehead atoms. The van der Waals surface area contributed by atoms with Crippen LogP contribution in [-0.4, -0.2) is 64.6 Å². The van der Waals surface area contributed by atoms with Crippen molar-refractivity contribution in [2.45, 2.75) is 46.0 Å². The van der Waals surface area contributed by atoms with Crippen molar-refractivity contribution in [1.82, 2.24) is 0 Å². The van der Waals surface area contributed by atoms with Gasteiger partial charge in [-0.15, -0.1) is 0 Å². The monoisotopic (exact) mass is 320 g/mol. The van der Waals surface area contributed by atoms with Gasteiger partial charge in [0.25, 0.3) is 0 Å². The van der Waals surface area contributed by atoms with Crippen molar-refractivity contribution < 1.29 is 24.1 Å². The van der Waals surface area contributed by atoms with Gasteiger partial charge >= 0.3 is 0 Å². The molecule has 0 heterocycles. The maximum absolute atomic E-state index is 8.50. The molecule has 0 aromatic rings. The fraction of sp³-hybridized carbons (Fsp3) is 1.00. The second kappa shape index (κ2) is 18.8. The Hall–Kier alpha value is -0.200. The van der Waals surface area contributed by atoms with E-state index in [0.717, 1.165) is 18.9 Å². The number of rotatable bonds is 18. The van der Waals surface area contributed by atoms with Gasteiger partial charge in [0.1, 0.15) is 0 Å². The van der Waals surface area contributed by atoms with E-state index in [1.165, 1.54) is 25.7 Å². The quantitative estimate of drug-likeness (QED) is 0.394. The highest BCUT2D eigenvalue weighted by Crippen LogP contribution is 2.09. The lowest BCUT2D eigenvalue weighted by molar-refractivity contribution is -0.00577. The molecule has 0 saturated carbocycles. The Balaban J connectivity index is 2.94. The van der Waals surface area contributed by atoms with Gasteiger partial charge in [0.15, 0.2) is 0 Å². The lowest BCUT2D eigenvalue weighted by Gasteiger charge is -2.07. The molecular weight excluding hydrogens is 284 g/mol. The highest BCUT2D eigenvalue weighted by molar-refractivity contribution is 4.47. The first-order valence-corrected chi connectivity index (χ1v) is 8.69. The SMILES string of the molecule is CC(C)CCCCCCOCCOCCOCCOCCO. The maximum Gasteiger partial charge on any atom is 0.0701 e.